The Hall–Kier alpha value is -1.30. The van der Waals surface area contributed by atoms with Gasteiger partial charge in [0.05, 0.1) is 12.1 Å². The Kier molecular flexibility index (Phi) is 7.65. The van der Waals surface area contributed by atoms with Gasteiger partial charge in [0, 0.05) is 26.1 Å². The van der Waals surface area contributed by atoms with Crippen molar-refractivity contribution >= 4 is 11.9 Å². The smallest absolute Gasteiger partial charge is 0.315 e. The zero-order valence-corrected chi connectivity index (χ0v) is 14.2. The van der Waals surface area contributed by atoms with Crippen molar-refractivity contribution in [3.05, 3.63) is 0 Å². The summed E-state index contributed by atoms with van der Waals surface area (Å²) in [6, 6.07) is -0.187. The SMILES string of the molecule is C[C@H](NC(=O)NCCNC(=O)CC1CCCCC1)[C@@H]1CCCO1. The van der Waals surface area contributed by atoms with Crippen molar-refractivity contribution in [3.63, 3.8) is 0 Å². The second-order valence-corrected chi connectivity index (χ2v) is 6.80. The van der Waals surface area contributed by atoms with Crippen LogP contribution >= 0.6 is 0 Å². The normalized spacial score (nSPS) is 23.3. The van der Waals surface area contributed by atoms with Crippen LogP contribution in [0, 0.1) is 5.92 Å². The van der Waals surface area contributed by atoms with Gasteiger partial charge in [-0.3, -0.25) is 4.79 Å². The Labute approximate surface area is 139 Å². The molecule has 132 valence electrons. The van der Waals surface area contributed by atoms with Gasteiger partial charge in [-0.1, -0.05) is 19.3 Å². The van der Waals surface area contributed by atoms with Gasteiger partial charge in [0.15, 0.2) is 0 Å². The highest BCUT2D eigenvalue weighted by Crippen LogP contribution is 2.25. The summed E-state index contributed by atoms with van der Waals surface area (Å²) in [7, 11) is 0. The van der Waals surface area contributed by atoms with E-state index >= 15 is 0 Å². The standard InChI is InChI=1S/C17H31N3O3/c1-13(15-8-5-11-23-15)20-17(22)19-10-9-18-16(21)12-14-6-3-2-4-7-14/h13-15H,2-12H2,1H3,(H,18,21)(H2,19,20,22)/t13-,15-/m0/s1. The van der Waals surface area contributed by atoms with Crippen molar-refractivity contribution < 1.29 is 14.3 Å². The van der Waals surface area contributed by atoms with Crippen LogP contribution in [0.1, 0.15) is 58.3 Å². The molecule has 0 bridgehead atoms. The average Bonchev–Trinajstić information content (AvgIpc) is 3.07. The molecule has 2 fully saturated rings. The van der Waals surface area contributed by atoms with Crippen LogP contribution in [-0.4, -0.2) is 43.8 Å². The number of hydrogen-bond acceptors (Lipinski definition) is 3. The van der Waals surface area contributed by atoms with Gasteiger partial charge < -0.3 is 20.7 Å². The fraction of sp³-hybridized carbons (Fsp3) is 0.882. The summed E-state index contributed by atoms with van der Waals surface area (Å²) in [5.74, 6) is 0.652. The molecule has 2 rings (SSSR count). The third-order valence-electron chi connectivity index (χ3n) is 4.81. The molecule has 0 aromatic rings. The van der Waals surface area contributed by atoms with E-state index in [-0.39, 0.29) is 24.1 Å². The first-order valence-corrected chi connectivity index (χ1v) is 9.08. The van der Waals surface area contributed by atoms with E-state index in [9.17, 15) is 9.59 Å². The molecule has 1 heterocycles. The lowest BCUT2D eigenvalue weighted by molar-refractivity contribution is -0.122. The lowest BCUT2D eigenvalue weighted by Crippen LogP contribution is -2.47. The molecule has 1 aliphatic heterocycles. The van der Waals surface area contributed by atoms with E-state index in [1.54, 1.807) is 0 Å². The fourth-order valence-corrected chi connectivity index (χ4v) is 3.45. The molecule has 1 saturated carbocycles. The lowest BCUT2D eigenvalue weighted by Gasteiger charge is -2.21. The minimum atomic E-state index is -0.200. The molecule has 1 saturated heterocycles. The Bertz CT molecular complexity index is 377. The number of ether oxygens (including phenoxy) is 1. The summed E-state index contributed by atoms with van der Waals surface area (Å²) in [6.07, 6.45) is 8.97. The Morgan fingerprint density at radius 2 is 1.78 bits per heavy atom. The van der Waals surface area contributed by atoms with Crippen LogP contribution in [0.25, 0.3) is 0 Å². The minimum absolute atomic E-state index is 0.0124. The van der Waals surface area contributed by atoms with Crippen molar-refractivity contribution in [2.24, 2.45) is 5.92 Å². The molecule has 0 spiro atoms. The molecule has 0 aromatic heterocycles. The third-order valence-corrected chi connectivity index (χ3v) is 4.81. The monoisotopic (exact) mass is 325 g/mol. The number of rotatable bonds is 7. The second kappa shape index (κ2) is 9.75. The van der Waals surface area contributed by atoms with Gasteiger partial charge >= 0.3 is 6.03 Å². The maximum absolute atomic E-state index is 11.9. The number of carbonyl (C=O) groups is 2. The van der Waals surface area contributed by atoms with Crippen molar-refractivity contribution in [1.29, 1.82) is 0 Å². The maximum Gasteiger partial charge on any atom is 0.315 e. The van der Waals surface area contributed by atoms with Gasteiger partial charge in [0.1, 0.15) is 0 Å². The van der Waals surface area contributed by atoms with E-state index < -0.39 is 0 Å². The summed E-state index contributed by atoms with van der Waals surface area (Å²) in [5.41, 5.74) is 0. The molecular weight excluding hydrogens is 294 g/mol. The topological polar surface area (TPSA) is 79.5 Å². The quantitative estimate of drug-likeness (QED) is 0.626. The molecule has 0 unspecified atom stereocenters. The molecule has 3 amide bonds. The molecule has 2 atom stereocenters. The number of amides is 3. The molecule has 0 radical (unpaired) electrons. The predicted molar refractivity (Wildman–Crippen MR) is 89.2 cm³/mol. The largest absolute Gasteiger partial charge is 0.376 e. The van der Waals surface area contributed by atoms with Crippen LogP contribution in [0.2, 0.25) is 0 Å². The molecule has 0 aromatic carbocycles. The lowest BCUT2D eigenvalue weighted by atomic mass is 9.87. The molecule has 2 aliphatic rings. The van der Waals surface area contributed by atoms with Gasteiger partial charge in [0.2, 0.25) is 5.91 Å². The van der Waals surface area contributed by atoms with Gasteiger partial charge in [-0.25, -0.2) is 4.79 Å². The van der Waals surface area contributed by atoms with Crippen LogP contribution in [0.15, 0.2) is 0 Å². The Balaban J connectivity index is 1.50. The Morgan fingerprint density at radius 1 is 1.04 bits per heavy atom. The molecule has 1 aliphatic carbocycles. The van der Waals surface area contributed by atoms with Gasteiger partial charge in [0.25, 0.3) is 0 Å². The molecule has 6 heteroatoms. The summed E-state index contributed by atoms with van der Waals surface area (Å²) < 4.78 is 5.55. The Morgan fingerprint density at radius 3 is 2.48 bits per heavy atom. The summed E-state index contributed by atoms with van der Waals surface area (Å²) in [6.45, 7) is 3.67. The van der Waals surface area contributed by atoms with Crippen LogP contribution in [0.4, 0.5) is 4.79 Å². The zero-order chi connectivity index (χ0) is 16.5. The van der Waals surface area contributed by atoms with Gasteiger partial charge in [-0.05, 0) is 38.5 Å². The number of carbonyl (C=O) groups excluding carboxylic acids is 2. The van der Waals surface area contributed by atoms with E-state index in [0.717, 1.165) is 19.4 Å². The van der Waals surface area contributed by atoms with Crippen molar-refractivity contribution in [2.45, 2.75) is 70.4 Å². The molecule has 6 nitrogen and oxygen atoms in total. The van der Waals surface area contributed by atoms with Crippen LogP contribution in [0.3, 0.4) is 0 Å². The number of hydrogen-bond donors (Lipinski definition) is 3. The van der Waals surface area contributed by atoms with Crippen molar-refractivity contribution in [1.82, 2.24) is 16.0 Å². The van der Waals surface area contributed by atoms with Crippen LogP contribution < -0.4 is 16.0 Å². The summed E-state index contributed by atoms with van der Waals surface area (Å²) in [4.78, 5) is 23.6. The van der Waals surface area contributed by atoms with Crippen molar-refractivity contribution in [2.75, 3.05) is 19.7 Å². The highest BCUT2D eigenvalue weighted by molar-refractivity contribution is 5.76. The van der Waals surface area contributed by atoms with Crippen LogP contribution in [-0.2, 0) is 9.53 Å². The highest BCUT2D eigenvalue weighted by Gasteiger charge is 2.23. The van der Waals surface area contributed by atoms with Gasteiger partial charge in [-0.2, -0.15) is 0 Å². The first-order valence-electron chi connectivity index (χ1n) is 9.08. The van der Waals surface area contributed by atoms with E-state index in [0.29, 0.717) is 25.4 Å². The first-order chi connectivity index (χ1) is 11.1. The van der Waals surface area contributed by atoms with E-state index in [1.165, 1.54) is 32.1 Å². The van der Waals surface area contributed by atoms with E-state index in [4.69, 9.17) is 4.74 Å². The fourth-order valence-electron chi connectivity index (χ4n) is 3.45. The summed E-state index contributed by atoms with van der Waals surface area (Å²) >= 11 is 0. The van der Waals surface area contributed by atoms with E-state index in [1.807, 2.05) is 6.92 Å². The highest BCUT2D eigenvalue weighted by atomic mass is 16.5. The van der Waals surface area contributed by atoms with Gasteiger partial charge in [-0.15, -0.1) is 0 Å². The third kappa shape index (κ3) is 6.77. The predicted octanol–water partition coefficient (Wildman–Crippen LogP) is 1.94. The first kappa shape index (κ1) is 18.0. The average molecular weight is 325 g/mol. The zero-order valence-electron chi connectivity index (χ0n) is 14.2. The van der Waals surface area contributed by atoms with E-state index in [2.05, 4.69) is 16.0 Å². The minimum Gasteiger partial charge on any atom is -0.376 e. The number of urea groups is 1. The number of nitrogens with one attached hydrogen (secondary N) is 3. The molecule has 3 N–H and O–H groups in total. The molecule has 23 heavy (non-hydrogen) atoms. The second-order valence-electron chi connectivity index (χ2n) is 6.80. The van der Waals surface area contributed by atoms with Crippen LogP contribution in [0.5, 0.6) is 0 Å². The van der Waals surface area contributed by atoms with Crippen molar-refractivity contribution in [3.8, 4) is 0 Å². The summed E-state index contributed by atoms with van der Waals surface area (Å²) in [5, 5.41) is 8.55. The molecular formula is C17H31N3O3. The maximum atomic E-state index is 11.9.